The summed E-state index contributed by atoms with van der Waals surface area (Å²) < 4.78 is 0. The molecule has 1 aliphatic rings. The fraction of sp³-hybridized carbons (Fsp3) is 0.348. The zero-order valence-electron chi connectivity index (χ0n) is 15.9. The molecule has 0 aliphatic heterocycles. The van der Waals surface area contributed by atoms with Crippen LogP contribution in [0.15, 0.2) is 42.5 Å². The molecule has 138 valence electrons. The summed E-state index contributed by atoms with van der Waals surface area (Å²) in [5, 5.41) is 2.85. The van der Waals surface area contributed by atoms with Gasteiger partial charge in [-0.1, -0.05) is 68.7 Å². The Kier molecular flexibility index (Phi) is 7.85. The van der Waals surface area contributed by atoms with Crippen LogP contribution in [0.2, 0.25) is 0 Å². The Balaban J connectivity index is 0.00000113. The first-order valence-electron chi connectivity index (χ1n) is 8.76. The molecule has 0 fully saturated rings. The van der Waals surface area contributed by atoms with Gasteiger partial charge < -0.3 is 24.8 Å². The normalized spacial score (nSPS) is 12.8. The molecule has 4 rings (SSSR count). The fourth-order valence-corrected chi connectivity index (χ4v) is 4.04. The zero-order valence-corrected chi connectivity index (χ0v) is 21.0. The molecule has 0 nitrogen and oxygen atoms in total. The van der Waals surface area contributed by atoms with Gasteiger partial charge in [-0.25, -0.2) is 0 Å². The number of benzene rings is 2. The van der Waals surface area contributed by atoms with Gasteiger partial charge in [-0.2, -0.15) is 6.07 Å². The first-order chi connectivity index (χ1) is 10.9. The second-order valence-corrected chi connectivity index (χ2v) is 8.11. The van der Waals surface area contributed by atoms with E-state index in [1.165, 1.54) is 52.3 Å². The summed E-state index contributed by atoms with van der Waals surface area (Å²) in [5.74, 6) is 0. The minimum absolute atomic E-state index is 0. The second kappa shape index (κ2) is 8.67. The van der Waals surface area contributed by atoms with E-state index in [9.17, 15) is 0 Å². The van der Waals surface area contributed by atoms with Crippen LogP contribution in [0.1, 0.15) is 49.4 Å². The van der Waals surface area contributed by atoms with E-state index in [2.05, 4.69) is 70.2 Å². The van der Waals surface area contributed by atoms with Gasteiger partial charge in [0.15, 0.2) is 0 Å². The quantitative estimate of drug-likeness (QED) is 0.303. The summed E-state index contributed by atoms with van der Waals surface area (Å²) in [6.07, 6.45) is 3.77. The molecule has 0 saturated carbocycles. The van der Waals surface area contributed by atoms with Crippen molar-refractivity contribution < 1.29 is 50.7 Å². The largest absolute Gasteiger partial charge is 1.00 e. The molecule has 1 aliphatic carbocycles. The first-order valence-corrected chi connectivity index (χ1v) is 8.76. The summed E-state index contributed by atoms with van der Waals surface area (Å²) in [6, 6.07) is 16.4. The predicted molar refractivity (Wildman–Crippen MR) is 100 cm³/mol. The predicted octanol–water partition coefficient (Wildman–Crippen LogP) is 0.326. The summed E-state index contributed by atoms with van der Waals surface area (Å²) in [5.41, 5.74) is 9.02. The summed E-state index contributed by atoms with van der Waals surface area (Å²) in [7, 11) is 0. The molecule has 3 aromatic carbocycles. The van der Waals surface area contributed by atoms with E-state index in [4.69, 9.17) is 0 Å². The Morgan fingerprint density at radius 2 is 1.58 bits per heavy atom. The maximum Gasteiger partial charge on any atom is 0 e. The van der Waals surface area contributed by atoms with Gasteiger partial charge in [0.05, 0.1) is 0 Å². The third-order valence-corrected chi connectivity index (χ3v) is 5.27. The first kappa shape index (κ1) is 23.5. The van der Waals surface area contributed by atoms with E-state index >= 15 is 0 Å². The number of hydrogen-bond acceptors (Lipinski definition) is 0. The number of halogens is 2. The van der Waals surface area contributed by atoms with Crippen LogP contribution in [0.5, 0.6) is 0 Å². The van der Waals surface area contributed by atoms with Gasteiger partial charge in [-0.3, -0.25) is 0 Å². The zero-order chi connectivity index (χ0) is 16.2. The van der Waals surface area contributed by atoms with Gasteiger partial charge in [-0.15, -0.1) is 28.5 Å². The molecule has 26 heavy (non-hydrogen) atoms. The van der Waals surface area contributed by atoms with Crippen molar-refractivity contribution in [3.63, 3.8) is 0 Å². The Morgan fingerprint density at radius 3 is 2.19 bits per heavy atom. The van der Waals surface area contributed by atoms with Crippen LogP contribution in [0.4, 0.5) is 0 Å². The van der Waals surface area contributed by atoms with Crippen LogP contribution >= 0.6 is 0 Å². The SMILES string of the molecule is Cc1cc2c(-c3ccc(C(C)(C)C)cc3)c3c(cc2[cH-]1)CCC3.[Cl-].[Cl-].[Hf]. The number of rotatable bonds is 1. The maximum atomic E-state index is 2.43. The smallest absolute Gasteiger partial charge is 0 e. The monoisotopic (exact) mass is 551 g/mol. The molecule has 0 radical (unpaired) electrons. The Labute approximate surface area is 188 Å². The molecule has 0 amide bonds. The molecule has 0 saturated heterocycles. The molecule has 0 unspecified atom stereocenters. The standard InChI is InChI=1S/C23H25.2ClH.Hf/c1-15-12-18-14-17-6-5-7-20(17)22(21(18)13-15)16-8-10-19(11-9-16)23(2,3)4;;;/h8-14H,5-7H2,1-4H3;2*1H;/q-1;;;/p-2. The molecule has 0 spiro atoms. The molecule has 0 N–H and O–H groups in total. The summed E-state index contributed by atoms with van der Waals surface area (Å²) >= 11 is 0. The third-order valence-electron chi connectivity index (χ3n) is 5.27. The fourth-order valence-electron chi connectivity index (χ4n) is 4.04. The van der Waals surface area contributed by atoms with Crippen LogP contribution in [-0.4, -0.2) is 0 Å². The summed E-state index contributed by atoms with van der Waals surface area (Å²) in [6.45, 7) is 9.04. The van der Waals surface area contributed by atoms with E-state index < -0.39 is 0 Å². The molecular weight excluding hydrogens is 526 g/mol. The molecule has 0 heterocycles. The number of fused-ring (bicyclic) bond motifs is 2. The third kappa shape index (κ3) is 4.16. The van der Waals surface area contributed by atoms with Crippen LogP contribution in [0.3, 0.4) is 0 Å². The van der Waals surface area contributed by atoms with Crippen molar-refractivity contribution in [2.24, 2.45) is 0 Å². The minimum Gasteiger partial charge on any atom is -1.00 e. The minimum atomic E-state index is 0. The van der Waals surface area contributed by atoms with Crippen LogP contribution < -0.4 is 24.8 Å². The van der Waals surface area contributed by atoms with E-state index in [1.54, 1.807) is 11.1 Å². The van der Waals surface area contributed by atoms with E-state index in [-0.39, 0.29) is 56.1 Å². The van der Waals surface area contributed by atoms with Crippen LogP contribution in [0, 0.1) is 6.92 Å². The Morgan fingerprint density at radius 1 is 0.923 bits per heavy atom. The van der Waals surface area contributed by atoms with E-state index in [0.717, 1.165) is 0 Å². The second-order valence-electron chi connectivity index (χ2n) is 8.11. The van der Waals surface area contributed by atoms with Crippen molar-refractivity contribution in [1.29, 1.82) is 0 Å². The number of aryl methyl sites for hydroxylation is 2. The Bertz CT molecular complexity index is 883. The van der Waals surface area contributed by atoms with Gasteiger partial charge in [0.1, 0.15) is 0 Å². The van der Waals surface area contributed by atoms with Crippen LogP contribution in [-0.2, 0) is 44.1 Å². The number of hydrogen-bond donors (Lipinski definition) is 0. The van der Waals surface area contributed by atoms with Gasteiger partial charge in [0, 0.05) is 25.8 Å². The van der Waals surface area contributed by atoms with Gasteiger partial charge >= 0.3 is 0 Å². The van der Waals surface area contributed by atoms with Gasteiger partial charge in [0.2, 0.25) is 0 Å². The van der Waals surface area contributed by atoms with Crippen molar-refractivity contribution in [3.05, 3.63) is 64.7 Å². The van der Waals surface area contributed by atoms with Crippen molar-refractivity contribution in [2.75, 3.05) is 0 Å². The molecular formula is C23H25Cl2Hf-3. The Hall–Kier alpha value is -0.500. The maximum absolute atomic E-state index is 2.43. The van der Waals surface area contributed by atoms with Crippen molar-refractivity contribution in [2.45, 2.75) is 52.4 Å². The van der Waals surface area contributed by atoms with Crippen molar-refractivity contribution in [3.8, 4) is 11.1 Å². The van der Waals surface area contributed by atoms with Gasteiger partial charge in [0.25, 0.3) is 0 Å². The van der Waals surface area contributed by atoms with Crippen LogP contribution in [0.25, 0.3) is 21.9 Å². The molecule has 0 bridgehead atoms. The topological polar surface area (TPSA) is 0 Å². The van der Waals surface area contributed by atoms with E-state index in [0.29, 0.717) is 0 Å². The average Bonchev–Trinajstić information content (AvgIpc) is 3.08. The average molecular weight is 551 g/mol. The molecule has 0 aromatic heterocycles. The molecule has 0 atom stereocenters. The van der Waals surface area contributed by atoms with Gasteiger partial charge in [-0.05, 0) is 35.8 Å². The molecule has 3 aromatic rings. The van der Waals surface area contributed by atoms with Crippen molar-refractivity contribution in [1.82, 2.24) is 0 Å². The molecule has 3 heteroatoms. The summed E-state index contributed by atoms with van der Waals surface area (Å²) in [4.78, 5) is 0. The van der Waals surface area contributed by atoms with Crippen molar-refractivity contribution >= 4 is 10.8 Å². The van der Waals surface area contributed by atoms with E-state index in [1.807, 2.05) is 0 Å².